The summed E-state index contributed by atoms with van der Waals surface area (Å²) in [5, 5.41) is 9.09. The summed E-state index contributed by atoms with van der Waals surface area (Å²) >= 11 is 0. The maximum atomic E-state index is 13.4. The third kappa shape index (κ3) is 3.67. The lowest BCUT2D eigenvalue weighted by atomic mass is 9.94. The Labute approximate surface area is 148 Å². The Morgan fingerprint density at radius 3 is 2.62 bits per heavy atom. The van der Waals surface area contributed by atoms with Gasteiger partial charge in [-0.3, -0.25) is 9.59 Å². The van der Waals surface area contributed by atoms with Crippen molar-refractivity contribution in [3.8, 4) is 0 Å². The molecule has 3 unspecified atom stereocenters. The van der Waals surface area contributed by atoms with Gasteiger partial charge in [-0.2, -0.15) is 0 Å². The predicted octanol–water partition coefficient (Wildman–Crippen LogP) is 0.868. The fraction of sp³-hybridized carbons (Fsp3) is 0.471. The minimum atomic E-state index is -1.30. The van der Waals surface area contributed by atoms with Crippen LogP contribution in [0.1, 0.15) is 25.3 Å². The van der Waals surface area contributed by atoms with E-state index in [0.29, 0.717) is 6.42 Å². The molecule has 2 aliphatic rings. The van der Waals surface area contributed by atoms with Crippen LogP contribution in [0.5, 0.6) is 0 Å². The summed E-state index contributed by atoms with van der Waals surface area (Å²) in [4.78, 5) is 29.4. The molecule has 26 heavy (non-hydrogen) atoms. The first kappa shape index (κ1) is 18.2. The molecular weight excluding hydrogens is 348 g/mol. The second kappa shape index (κ2) is 6.99. The number of amides is 2. The number of rotatable bonds is 4. The van der Waals surface area contributed by atoms with Gasteiger partial charge >= 0.3 is 0 Å². The molecule has 0 aliphatic carbocycles. The molecule has 1 aromatic rings. The molecule has 1 saturated heterocycles. The number of hydrogen-bond acceptors (Lipinski definition) is 5. The van der Waals surface area contributed by atoms with Crippen molar-refractivity contribution < 1.29 is 27.9 Å². The minimum Gasteiger partial charge on any atom is -0.379 e. The summed E-state index contributed by atoms with van der Waals surface area (Å²) in [5.41, 5.74) is -0.793. The SMILES string of the molecule is CNC(=O)C1CC(NC(=O)C2(C)CC(c3cc(F)cc(F)c3)=NO2)CO1. The molecule has 0 radical (unpaired) electrons. The van der Waals surface area contributed by atoms with Crippen LogP contribution in [0.4, 0.5) is 8.78 Å². The van der Waals surface area contributed by atoms with E-state index in [9.17, 15) is 18.4 Å². The van der Waals surface area contributed by atoms with Crippen molar-refractivity contribution in [1.29, 1.82) is 0 Å². The van der Waals surface area contributed by atoms with Crippen LogP contribution in [-0.2, 0) is 19.2 Å². The number of ether oxygens (including phenoxy) is 1. The summed E-state index contributed by atoms with van der Waals surface area (Å²) in [6, 6.07) is 2.69. The van der Waals surface area contributed by atoms with E-state index in [4.69, 9.17) is 9.57 Å². The summed E-state index contributed by atoms with van der Waals surface area (Å²) in [5.74, 6) is -2.14. The molecule has 3 atom stereocenters. The van der Waals surface area contributed by atoms with Crippen molar-refractivity contribution in [2.75, 3.05) is 13.7 Å². The van der Waals surface area contributed by atoms with Gasteiger partial charge in [-0.1, -0.05) is 5.16 Å². The van der Waals surface area contributed by atoms with E-state index < -0.39 is 29.2 Å². The Bertz CT molecular complexity index is 750. The highest BCUT2D eigenvalue weighted by atomic mass is 19.1. The largest absolute Gasteiger partial charge is 0.379 e. The molecule has 1 fully saturated rings. The number of likely N-dealkylation sites (N-methyl/N-ethyl adjacent to an activating group) is 1. The van der Waals surface area contributed by atoms with E-state index in [1.165, 1.54) is 7.05 Å². The molecule has 0 aromatic heterocycles. The van der Waals surface area contributed by atoms with E-state index in [2.05, 4.69) is 15.8 Å². The quantitative estimate of drug-likeness (QED) is 0.826. The molecule has 9 heteroatoms. The van der Waals surface area contributed by atoms with Crippen LogP contribution in [0.25, 0.3) is 0 Å². The summed E-state index contributed by atoms with van der Waals surface area (Å²) in [6.45, 7) is 1.75. The lowest BCUT2D eigenvalue weighted by Crippen LogP contribution is -2.49. The highest BCUT2D eigenvalue weighted by Gasteiger charge is 2.44. The zero-order chi connectivity index (χ0) is 18.9. The molecule has 0 bridgehead atoms. The number of carbonyl (C=O) groups excluding carboxylic acids is 2. The van der Waals surface area contributed by atoms with Crippen LogP contribution in [0.15, 0.2) is 23.4 Å². The van der Waals surface area contributed by atoms with Crippen molar-refractivity contribution in [3.63, 3.8) is 0 Å². The smallest absolute Gasteiger partial charge is 0.267 e. The highest BCUT2D eigenvalue weighted by molar-refractivity contribution is 6.05. The van der Waals surface area contributed by atoms with Gasteiger partial charge in [0.25, 0.3) is 5.91 Å². The van der Waals surface area contributed by atoms with Crippen molar-refractivity contribution in [1.82, 2.24) is 10.6 Å². The zero-order valence-electron chi connectivity index (χ0n) is 14.3. The lowest BCUT2D eigenvalue weighted by molar-refractivity contribution is -0.142. The molecule has 0 saturated carbocycles. The van der Waals surface area contributed by atoms with E-state index in [1.54, 1.807) is 6.92 Å². The molecule has 1 aromatic carbocycles. The third-order valence-corrected chi connectivity index (χ3v) is 4.41. The van der Waals surface area contributed by atoms with Crippen molar-refractivity contribution in [3.05, 3.63) is 35.4 Å². The Hall–Kier alpha value is -2.55. The number of benzene rings is 1. The standard InChI is InChI=1S/C17H19F2N3O4/c1-17(16(24)21-12-6-14(25-8-12)15(23)20-2)7-13(22-26-17)9-3-10(18)5-11(19)4-9/h3-5,12,14H,6-8H2,1-2H3,(H,20,23)(H,21,24). The highest BCUT2D eigenvalue weighted by Crippen LogP contribution is 2.28. The second-order valence-corrected chi connectivity index (χ2v) is 6.54. The van der Waals surface area contributed by atoms with Gasteiger partial charge in [0.1, 0.15) is 17.7 Å². The molecule has 2 N–H and O–H groups in total. The number of nitrogens with zero attached hydrogens (tertiary/aromatic N) is 1. The summed E-state index contributed by atoms with van der Waals surface area (Å²) < 4.78 is 32.1. The number of hydrogen-bond donors (Lipinski definition) is 2. The minimum absolute atomic E-state index is 0.0637. The van der Waals surface area contributed by atoms with E-state index in [-0.39, 0.29) is 36.3 Å². The predicted molar refractivity (Wildman–Crippen MR) is 87.4 cm³/mol. The maximum Gasteiger partial charge on any atom is 0.267 e. The number of carbonyl (C=O) groups is 2. The van der Waals surface area contributed by atoms with Crippen molar-refractivity contribution in [2.45, 2.75) is 37.5 Å². The summed E-state index contributed by atoms with van der Waals surface area (Å²) in [6.07, 6.45) is -0.192. The molecule has 2 heterocycles. The molecule has 3 rings (SSSR count). The van der Waals surface area contributed by atoms with Crippen molar-refractivity contribution in [2.24, 2.45) is 5.16 Å². The lowest BCUT2D eigenvalue weighted by Gasteiger charge is -2.22. The number of halogens is 2. The average molecular weight is 367 g/mol. The first-order valence-corrected chi connectivity index (χ1v) is 8.16. The Kier molecular flexibility index (Phi) is 4.90. The van der Waals surface area contributed by atoms with Gasteiger partial charge in [-0.25, -0.2) is 8.78 Å². The molecule has 0 spiro atoms. The maximum absolute atomic E-state index is 13.4. The monoisotopic (exact) mass is 367 g/mol. The van der Waals surface area contributed by atoms with Gasteiger partial charge in [0, 0.05) is 31.5 Å². The van der Waals surface area contributed by atoms with Crippen LogP contribution in [0, 0.1) is 11.6 Å². The first-order chi connectivity index (χ1) is 12.3. The molecule has 2 aliphatic heterocycles. The third-order valence-electron chi connectivity index (χ3n) is 4.41. The Balaban J connectivity index is 1.62. The van der Waals surface area contributed by atoms with Gasteiger partial charge in [0.2, 0.25) is 11.5 Å². The molecular formula is C17H19F2N3O4. The van der Waals surface area contributed by atoms with Gasteiger partial charge in [-0.05, 0) is 19.1 Å². The zero-order valence-corrected chi connectivity index (χ0v) is 14.3. The summed E-state index contributed by atoms with van der Waals surface area (Å²) in [7, 11) is 1.51. The molecule has 7 nitrogen and oxygen atoms in total. The van der Waals surface area contributed by atoms with Gasteiger partial charge in [-0.15, -0.1) is 0 Å². The molecule has 140 valence electrons. The van der Waals surface area contributed by atoms with Gasteiger partial charge < -0.3 is 20.2 Å². The van der Waals surface area contributed by atoms with E-state index in [0.717, 1.165) is 18.2 Å². The normalized spacial score (nSPS) is 27.6. The first-order valence-electron chi connectivity index (χ1n) is 8.16. The Morgan fingerprint density at radius 1 is 1.27 bits per heavy atom. The van der Waals surface area contributed by atoms with Gasteiger partial charge in [0.15, 0.2) is 0 Å². The van der Waals surface area contributed by atoms with Crippen molar-refractivity contribution >= 4 is 17.5 Å². The Morgan fingerprint density at radius 2 is 1.96 bits per heavy atom. The van der Waals surface area contributed by atoms with Crippen LogP contribution < -0.4 is 10.6 Å². The molecule has 2 amide bonds. The fourth-order valence-electron chi connectivity index (χ4n) is 2.95. The number of oxime groups is 1. The van der Waals surface area contributed by atoms with Crippen LogP contribution in [0.2, 0.25) is 0 Å². The van der Waals surface area contributed by atoms with Crippen LogP contribution >= 0.6 is 0 Å². The second-order valence-electron chi connectivity index (χ2n) is 6.54. The number of nitrogens with one attached hydrogen (secondary N) is 2. The topological polar surface area (TPSA) is 89.0 Å². The van der Waals surface area contributed by atoms with Crippen LogP contribution in [-0.4, -0.2) is 48.9 Å². The average Bonchev–Trinajstić information content (AvgIpc) is 3.21. The van der Waals surface area contributed by atoms with Gasteiger partial charge in [0.05, 0.1) is 18.4 Å². The van der Waals surface area contributed by atoms with E-state index >= 15 is 0 Å². The fourth-order valence-corrected chi connectivity index (χ4v) is 2.95. The van der Waals surface area contributed by atoms with Crippen LogP contribution in [0.3, 0.4) is 0 Å². The van der Waals surface area contributed by atoms with E-state index in [1.807, 2.05) is 0 Å².